The summed E-state index contributed by atoms with van der Waals surface area (Å²) >= 11 is 3.36. The van der Waals surface area contributed by atoms with Crippen LogP contribution < -0.4 is 0 Å². The number of hydrogen-bond donors (Lipinski definition) is 0. The molecule has 1 saturated heterocycles. The summed E-state index contributed by atoms with van der Waals surface area (Å²) in [7, 11) is 0. The third-order valence-corrected chi connectivity index (χ3v) is 3.99. The Labute approximate surface area is 115 Å². The van der Waals surface area contributed by atoms with Crippen molar-refractivity contribution in [1.29, 1.82) is 0 Å². The van der Waals surface area contributed by atoms with Crippen molar-refractivity contribution in [1.82, 2.24) is 0 Å². The van der Waals surface area contributed by atoms with Crippen molar-refractivity contribution < 1.29 is 23.8 Å². The Morgan fingerprint density at radius 2 is 1.78 bits per heavy atom. The first-order valence-corrected chi connectivity index (χ1v) is 6.84. The summed E-state index contributed by atoms with van der Waals surface area (Å²) in [6.07, 6.45) is -0.522. The molecule has 0 aromatic heterocycles. The average Bonchev–Trinajstić information content (AvgIpc) is 2.27. The van der Waals surface area contributed by atoms with Gasteiger partial charge in [-0.25, -0.2) is 0 Å². The van der Waals surface area contributed by atoms with Gasteiger partial charge in [0.25, 0.3) is 0 Å². The average molecular weight is 323 g/mol. The van der Waals surface area contributed by atoms with Crippen LogP contribution in [-0.4, -0.2) is 35.8 Å². The predicted molar refractivity (Wildman–Crippen MR) is 68.1 cm³/mol. The van der Waals surface area contributed by atoms with E-state index in [1.807, 2.05) is 13.8 Å². The number of esters is 2. The zero-order chi connectivity index (χ0) is 13.9. The SMILES string of the molecule is CC(=O)OC[C@H]1O[C@@H](Br)[C@H](OC(C)=O)[C@@H](C)[C@@H]1C. The standard InChI is InChI=1S/C12H19BrO5/c1-6-7(2)11(17-9(4)15)12(13)18-10(6)5-16-8(3)14/h6-7,10-12H,5H2,1-4H3/t6-,7-,10+,11+,12+/m0/s1. The van der Waals surface area contributed by atoms with Crippen molar-refractivity contribution in [2.75, 3.05) is 6.61 Å². The van der Waals surface area contributed by atoms with E-state index in [1.54, 1.807) is 0 Å². The van der Waals surface area contributed by atoms with Gasteiger partial charge in [-0.3, -0.25) is 9.59 Å². The Morgan fingerprint density at radius 1 is 1.17 bits per heavy atom. The van der Waals surface area contributed by atoms with Crippen molar-refractivity contribution >= 4 is 27.9 Å². The zero-order valence-electron chi connectivity index (χ0n) is 11.0. The molecule has 5 atom stereocenters. The first-order valence-electron chi connectivity index (χ1n) is 5.93. The Morgan fingerprint density at radius 3 is 2.28 bits per heavy atom. The first-order chi connectivity index (χ1) is 8.32. The zero-order valence-corrected chi connectivity index (χ0v) is 12.6. The van der Waals surface area contributed by atoms with Gasteiger partial charge in [-0.1, -0.05) is 29.8 Å². The van der Waals surface area contributed by atoms with E-state index >= 15 is 0 Å². The van der Waals surface area contributed by atoms with Crippen LogP contribution in [0.5, 0.6) is 0 Å². The van der Waals surface area contributed by atoms with Crippen LogP contribution in [0.1, 0.15) is 27.7 Å². The lowest BCUT2D eigenvalue weighted by atomic mass is 9.84. The van der Waals surface area contributed by atoms with E-state index in [0.717, 1.165) is 0 Å². The second kappa shape index (κ2) is 6.52. The minimum atomic E-state index is -0.381. The van der Waals surface area contributed by atoms with Crippen LogP contribution in [0.4, 0.5) is 0 Å². The smallest absolute Gasteiger partial charge is 0.303 e. The molecule has 0 amide bonds. The minimum Gasteiger partial charge on any atom is -0.463 e. The summed E-state index contributed by atoms with van der Waals surface area (Å²) in [5.41, 5.74) is 0. The fraction of sp³-hybridized carbons (Fsp3) is 0.833. The molecule has 0 aliphatic carbocycles. The lowest BCUT2D eigenvalue weighted by Gasteiger charge is -2.41. The Kier molecular flexibility index (Phi) is 5.59. The number of hydrogen-bond acceptors (Lipinski definition) is 5. The van der Waals surface area contributed by atoms with E-state index in [0.29, 0.717) is 0 Å². The van der Waals surface area contributed by atoms with Crippen molar-refractivity contribution in [3.05, 3.63) is 0 Å². The van der Waals surface area contributed by atoms with Gasteiger partial charge in [0.1, 0.15) is 17.7 Å². The second-order valence-electron chi connectivity index (χ2n) is 4.62. The molecule has 6 heteroatoms. The third-order valence-electron chi connectivity index (χ3n) is 3.25. The number of halogens is 1. The normalized spacial score (nSPS) is 35.9. The maximum Gasteiger partial charge on any atom is 0.303 e. The number of rotatable bonds is 3. The van der Waals surface area contributed by atoms with Gasteiger partial charge in [0, 0.05) is 19.8 Å². The van der Waals surface area contributed by atoms with E-state index in [9.17, 15) is 9.59 Å². The summed E-state index contributed by atoms with van der Waals surface area (Å²) in [5, 5.41) is -0.381. The van der Waals surface area contributed by atoms with E-state index in [2.05, 4.69) is 15.9 Å². The molecule has 0 spiro atoms. The highest BCUT2D eigenvalue weighted by atomic mass is 79.9. The van der Waals surface area contributed by atoms with Gasteiger partial charge in [0.2, 0.25) is 0 Å². The van der Waals surface area contributed by atoms with Crippen molar-refractivity contribution in [3.63, 3.8) is 0 Å². The summed E-state index contributed by atoms with van der Waals surface area (Å²) in [5.74, 6) is -0.410. The van der Waals surface area contributed by atoms with Crippen LogP contribution in [-0.2, 0) is 23.8 Å². The molecule has 0 unspecified atom stereocenters. The summed E-state index contributed by atoms with van der Waals surface area (Å²) in [6, 6.07) is 0. The molecule has 0 bridgehead atoms. The second-order valence-corrected chi connectivity index (χ2v) is 5.52. The molecule has 1 fully saturated rings. The first kappa shape index (κ1) is 15.4. The van der Waals surface area contributed by atoms with E-state index in [-0.39, 0.29) is 47.6 Å². The lowest BCUT2D eigenvalue weighted by Crippen LogP contribution is -2.50. The predicted octanol–water partition coefficient (Wildman–Crippen LogP) is 1.87. The topological polar surface area (TPSA) is 61.8 Å². The molecule has 1 aliphatic rings. The maximum absolute atomic E-state index is 11.0. The number of carbonyl (C=O) groups excluding carboxylic acids is 2. The highest BCUT2D eigenvalue weighted by Crippen LogP contribution is 2.35. The van der Waals surface area contributed by atoms with Gasteiger partial charge in [-0.15, -0.1) is 0 Å². The van der Waals surface area contributed by atoms with Crippen LogP contribution in [0.15, 0.2) is 0 Å². The quantitative estimate of drug-likeness (QED) is 0.586. The fourth-order valence-electron chi connectivity index (χ4n) is 1.99. The highest BCUT2D eigenvalue weighted by Gasteiger charge is 2.42. The number of carbonyl (C=O) groups is 2. The highest BCUT2D eigenvalue weighted by molar-refractivity contribution is 9.09. The number of ether oxygens (including phenoxy) is 3. The van der Waals surface area contributed by atoms with Crippen LogP contribution in [0, 0.1) is 11.8 Å². The number of alkyl halides is 1. The molecule has 0 N–H and O–H groups in total. The summed E-state index contributed by atoms with van der Waals surface area (Å²) < 4.78 is 15.9. The molecular weight excluding hydrogens is 304 g/mol. The largest absolute Gasteiger partial charge is 0.463 e. The summed E-state index contributed by atoms with van der Waals surface area (Å²) in [6.45, 7) is 6.95. The van der Waals surface area contributed by atoms with Gasteiger partial charge in [0.05, 0.1) is 6.10 Å². The molecule has 1 heterocycles. The maximum atomic E-state index is 11.0. The van der Waals surface area contributed by atoms with Crippen LogP contribution in [0.3, 0.4) is 0 Å². The van der Waals surface area contributed by atoms with Crippen LogP contribution >= 0.6 is 15.9 Å². The van der Waals surface area contributed by atoms with Gasteiger partial charge in [0.15, 0.2) is 0 Å². The fourth-order valence-corrected chi connectivity index (χ4v) is 2.85. The molecule has 5 nitrogen and oxygen atoms in total. The monoisotopic (exact) mass is 322 g/mol. The van der Waals surface area contributed by atoms with Gasteiger partial charge < -0.3 is 14.2 Å². The van der Waals surface area contributed by atoms with Crippen molar-refractivity contribution in [2.24, 2.45) is 11.8 Å². The molecule has 1 aliphatic heterocycles. The molecule has 0 radical (unpaired) electrons. The minimum absolute atomic E-state index is 0.118. The lowest BCUT2D eigenvalue weighted by molar-refractivity contribution is -0.183. The van der Waals surface area contributed by atoms with Gasteiger partial charge in [-0.05, 0) is 5.92 Å². The molecule has 104 valence electrons. The molecule has 0 saturated carbocycles. The van der Waals surface area contributed by atoms with Crippen molar-refractivity contribution in [3.8, 4) is 0 Å². The molecule has 1 rings (SSSR count). The van der Waals surface area contributed by atoms with Gasteiger partial charge in [-0.2, -0.15) is 0 Å². The van der Waals surface area contributed by atoms with Gasteiger partial charge >= 0.3 is 11.9 Å². The van der Waals surface area contributed by atoms with Crippen LogP contribution in [0.25, 0.3) is 0 Å². The van der Waals surface area contributed by atoms with E-state index < -0.39 is 0 Å². The molecule has 18 heavy (non-hydrogen) atoms. The molecule has 0 aromatic carbocycles. The molecular formula is C12H19BrO5. The Balaban J connectivity index is 2.64. The van der Waals surface area contributed by atoms with E-state index in [1.165, 1.54) is 13.8 Å². The Hall–Kier alpha value is -0.620. The Bertz CT molecular complexity index is 318. The van der Waals surface area contributed by atoms with Crippen molar-refractivity contribution in [2.45, 2.75) is 44.9 Å². The summed E-state index contributed by atoms with van der Waals surface area (Å²) in [4.78, 5) is 21.8. The molecule has 0 aromatic rings. The van der Waals surface area contributed by atoms with Crippen LogP contribution in [0.2, 0.25) is 0 Å². The third kappa shape index (κ3) is 3.95. The van der Waals surface area contributed by atoms with E-state index in [4.69, 9.17) is 14.2 Å².